The fourth-order valence-electron chi connectivity index (χ4n) is 2.97. The van der Waals surface area contributed by atoms with Crippen LogP contribution in [0.2, 0.25) is 0 Å². The molecule has 1 saturated heterocycles. The second kappa shape index (κ2) is 6.67. The van der Waals surface area contributed by atoms with Gasteiger partial charge in [0.15, 0.2) is 0 Å². The summed E-state index contributed by atoms with van der Waals surface area (Å²) in [5.74, 6) is 0. The number of hydrogen-bond donors (Lipinski definition) is 0. The Bertz CT molecular complexity index is 683. The van der Waals surface area contributed by atoms with Crippen LogP contribution in [0, 0.1) is 13.8 Å². The van der Waals surface area contributed by atoms with Crippen LogP contribution in [0.15, 0.2) is 34.4 Å². The Morgan fingerprint density at radius 2 is 1.86 bits per heavy atom. The van der Waals surface area contributed by atoms with E-state index in [0.29, 0.717) is 0 Å². The fourth-order valence-corrected chi connectivity index (χ4v) is 3.73. The number of rotatable bonds is 4. The molecular formula is C17H23N3OS. The van der Waals surface area contributed by atoms with Gasteiger partial charge in [0, 0.05) is 56.0 Å². The second-order valence-corrected chi connectivity index (χ2v) is 6.78. The lowest BCUT2D eigenvalue weighted by Gasteiger charge is -2.36. The largest absolute Gasteiger partial charge is 0.369 e. The molecule has 3 rings (SSSR count). The third-order valence-electron chi connectivity index (χ3n) is 4.36. The smallest absolute Gasteiger partial charge is 0.307 e. The summed E-state index contributed by atoms with van der Waals surface area (Å²) in [6.07, 6.45) is 0. The van der Waals surface area contributed by atoms with Gasteiger partial charge in [0.1, 0.15) is 0 Å². The summed E-state index contributed by atoms with van der Waals surface area (Å²) in [7, 11) is 0. The number of aryl methyl sites for hydroxylation is 2. The zero-order valence-corrected chi connectivity index (χ0v) is 14.1. The minimum Gasteiger partial charge on any atom is -0.369 e. The van der Waals surface area contributed by atoms with Crippen LogP contribution in [0.4, 0.5) is 5.69 Å². The predicted molar refractivity (Wildman–Crippen MR) is 93.1 cm³/mol. The number of thiazole rings is 1. The van der Waals surface area contributed by atoms with Crippen LogP contribution in [0.3, 0.4) is 0 Å². The van der Waals surface area contributed by atoms with Gasteiger partial charge >= 0.3 is 4.87 Å². The lowest BCUT2D eigenvalue weighted by molar-refractivity contribution is 0.247. The van der Waals surface area contributed by atoms with Crippen LogP contribution in [0.1, 0.15) is 11.3 Å². The summed E-state index contributed by atoms with van der Waals surface area (Å²) in [5.41, 5.74) is 3.71. The molecule has 0 amide bonds. The van der Waals surface area contributed by atoms with Crippen molar-refractivity contribution in [3.05, 3.63) is 50.6 Å². The van der Waals surface area contributed by atoms with Crippen LogP contribution in [0.25, 0.3) is 0 Å². The maximum Gasteiger partial charge on any atom is 0.307 e. The SMILES string of the molecule is Cc1cccc(N2CCN(CCn3c(C)csc3=O)CC2)c1. The molecule has 4 nitrogen and oxygen atoms in total. The Kier molecular flexibility index (Phi) is 4.64. The first kappa shape index (κ1) is 15.3. The van der Waals surface area contributed by atoms with E-state index < -0.39 is 0 Å². The van der Waals surface area contributed by atoms with Gasteiger partial charge in [-0.25, -0.2) is 0 Å². The predicted octanol–water partition coefficient (Wildman–Crippen LogP) is 2.35. The highest BCUT2D eigenvalue weighted by Gasteiger charge is 2.17. The Morgan fingerprint density at radius 3 is 2.50 bits per heavy atom. The minimum absolute atomic E-state index is 0.163. The van der Waals surface area contributed by atoms with Crippen LogP contribution in [-0.4, -0.2) is 42.2 Å². The summed E-state index contributed by atoms with van der Waals surface area (Å²) in [5, 5.41) is 1.94. The van der Waals surface area contributed by atoms with Crippen LogP contribution in [-0.2, 0) is 6.54 Å². The molecule has 118 valence electrons. The summed E-state index contributed by atoms with van der Waals surface area (Å²) in [6, 6.07) is 8.71. The molecule has 2 aromatic rings. The van der Waals surface area contributed by atoms with Gasteiger partial charge in [0.25, 0.3) is 0 Å². The number of benzene rings is 1. The molecule has 22 heavy (non-hydrogen) atoms. The first-order valence-electron chi connectivity index (χ1n) is 7.82. The molecule has 1 fully saturated rings. The molecule has 0 atom stereocenters. The van der Waals surface area contributed by atoms with Crippen LogP contribution >= 0.6 is 11.3 Å². The van der Waals surface area contributed by atoms with Crippen molar-refractivity contribution in [2.24, 2.45) is 0 Å². The van der Waals surface area contributed by atoms with E-state index in [9.17, 15) is 4.79 Å². The normalized spacial score (nSPS) is 16.2. The Hall–Kier alpha value is -1.59. The van der Waals surface area contributed by atoms with Gasteiger partial charge in [-0.05, 0) is 31.5 Å². The molecule has 2 heterocycles. The number of nitrogens with zero attached hydrogens (tertiary/aromatic N) is 3. The molecule has 0 unspecified atom stereocenters. The average molecular weight is 317 g/mol. The molecule has 1 aliphatic rings. The lowest BCUT2D eigenvalue weighted by Crippen LogP contribution is -2.47. The molecule has 0 spiro atoms. The first-order valence-corrected chi connectivity index (χ1v) is 8.70. The van der Waals surface area contributed by atoms with E-state index in [2.05, 4.69) is 41.0 Å². The van der Waals surface area contributed by atoms with Crippen molar-refractivity contribution in [2.45, 2.75) is 20.4 Å². The quantitative estimate of drug-likeness (QED) is 0.866. The van der Waals surface area contributed by atoms with Crippen LogP contribution in [0.5, 0.6) is 0 Å². The van der Waals surface area contributed by atoms with Gasteiger partial charge in [-0.1, -0.05) is 23.5 Å². The number of hydrogen-bond acceptors (Lipinski definition) is 4. The third kappa shape index (κ3) is 3.42. The maximum absolute atomic E-state index is 11.7. The van der Waals surface area contributed by atoms with Crippen molar-refractivity contribution < 1.29 is 0 Å². The van der Waals surface area contributed by atoms with Crippen molar-refractivity contribution in [3.63, 3.8) is 0 Å². The van der Waals surface area contributed by atoms with E-state index in [-0.39, 0.29) is 4.87 Å². The third-order valence-corrected chi connectivity index (χ3v) is 5.24. The second-order valence-electron chi connectivity index (χ2n) is 5.96. The maximum atomic E-state index is 11.7. The Labute approximate surface area is 135 Å². The lowest BCUT2D eigenvalue weighted by atomic mass is 10.2. The van der Waals surface area contributed by atoms with Crippen molar-refractivity contribution in [1.82, 2.24) is 9.47 Å². The first-order chi connectivity index (χ1) is 10.6. The number of piperazine rings is 1. The summed E-state index contributed by atoms with van der Waals surface area (Å²) in [6.45, 7) is 10.1. The molecule has 1 aromatic heterocycles. The van der Waals surface area contributed by atoms with Gasteiger partial charge in [-0.2, -0.15) is 0 Å². The highest BCUT2D eigenvalue weighted by atomic mass is 32.1. The fraction of sp³-hybridized carbons (Fsp3) is 0.471. The number of anilines is 1. The molecule has 5 heteroatoms. The summed E-state index contributed by atoms with van der Waals surface area (Å²) < 4.78 is 1.89. The molecule has 1 aromatic carbocycles. The monoisotopic (exact) mass is 317 g/mol. The zero-order valence-electron chi connectivity index (χ0n) is 13.3. The van der Waals surface area contributed by atoms with Crippen molar-refractivity contribution in [2.75, 3.05) is 37.6 Å². The van der Waals surface area contributed by atoms with Crippen molar-refractivity contribution >= 4 is 17.0 Å². The van der Waals surface area contributed by atoms with E-state index in [4.69, 9.17) is 0 Å². The van der Waals surface area contributed by atoms with Crippen molar-refractivity contribution in [3.8, 4) is 0 Å². The highest BCUT2D eigenvalue weighted by Crippen LogP contribution is 2.17. The van der Waals surface area contributed by atoms with Gasteiger partial charge in [0.2, 0.25) is 0 Å². The zero-order chi connectivity index (χ0) is 15.5. The summed E-state index contributed by atoms with van der Waals surface area (Å²) >= 11 is 1.30. The van der Waals surface area contributed by atoms with E-state index in [1.807, 2.05) is 16.9 Å². The molecule has 0 bridgehead atoms. The standard InChI is InChI=1S/C17H23N3OS/c1-14-4-3-5-16(12-14)19-9-6-18(7-10-19)8-11-20-15(2)13-22-17(20)21/h3-5,12-13H,6-11H2,1-2H3. The minimum atomic E-state index is 0.163. The van der Waals surface area contributed by atoms with E-state index in [0.717, 1.165) is 45.0 Å². The Morgan fingerprint density at radius 1 is 1.09 bits per heavy atom. The van der Waals surface area contributed by atoms with Gasteiger partial charge in [0.05, 0.1) is 0 Å². The molecule has 0 aliphatic carbocycles. The van der Waals surface area contributed by atoms with Gasteiger partial charge < -0.3 is 9.47 Å². The molecule has 1 aliphatic heterocycles. The summed E-state index contributed by atoms with van der Waals surface area (Å²) in [4.78, 5) is 16.8. The van der Waals surface area contributed by atoms with E-state index >= 15 is 0 Å². The van der Waals surface area contributed by atoms with E-state index in [1.165, 1.54) is 22.6 Å². The van der Waals surface area contributed by atoms with Crippen molar-refractivity contribution in [1.29, 1.82) is 0 Å². The topological polar surface area (TPSA) is 28.5 Å². The Balaban J connectivity index is 1.53. The van der Waals surface area contributed by atoms with Gasteiger partial charge in [-0.15, -0.1) is 0 Å². The molecular weight excluding hydrogens is 294 g/mol. The van der Waals surface area contributed by atoms with Gasteiger partial charge in [-0.3, -0.25) is 9.69 Å². The van der Waals surface area contributed by atoms with E-state index in [1.54, 1.807) is 0 Å². The average Bonchev–Trinajstić information content (AvgIpc) is 2.84. The number of aromatic nitrogens is 1. The molecule has 0 radical (unpaired) electrons. The highest BCUT2D eigenvalue weighted by molar-refractivity contribution is 7.07. The molecule has 0 saturated carbocycles. The molecule has 0 N–H and O–H groups in total. The van der Waals surface area contributed by atoms with Crippen LogP contribution < -0.4 is 9.77 Å².